The number of carbonyl (C=O) groups is 1. The second-order valence-electron chi connectivity index (χ2n) is 3.69. The van der Waals surface area contributed by atoms with Crippen molar-refractivity contribution in [1.29, 1.82) is 0 Å². The Labute approximate surface area is 96.4 Å². The average molecular weight is 222 g/mol. The van der Waals surface area contributed by atoms with Gasteiger partial charge < -0.3 is 9.47 Å². The highest BCUT2D eigenvalue weighted by Gasteiger charge is 2.13. The highest BCUT2D eigenvalue weighted by atomic mass is 16.7. The van der Waals surface area contributed by atoms with Crippen LogP contribution in [0.25, 0.3) is 0 Å². The van der Waals surface area contributed by atoms with Gasteiger partial charge in [0, 0.05) is 0 Å². The Morgan fingerprint density at radius 3 is 2.44 bits per heavy atom. The van der Waals surface area contributed by atoms with E-state index in [0.29, 0.717) is 5.56 Å². The molecular weight excluding hydrogens is 204 g/mol. The minimum absolute atomic E-state index is 0.0959. The van der Waals surface area contributed by atoms with E-state index in [1.165, 1.54) is 0 Å². The van der Waals surface area contributed by atoms with Gasteiger partial charge in [0.25, 0.3) is 0 Å². The summed E-state index contributed by atoms with van der Waals surface area (Å²) in [4.78, 5) is 11.6. The Balaban J connectivity index is 2.46. The van der Waals surface area contributed by atoms with Gasteiger partial charge >= 0.3 is 5.97 Å². The highest BCUT2D eigenvalue weighted by Crippen LogP contribution is 2.07. The number of hydrogen-bond donors (Lipinski definition) is 0. The van der Waals surface area contributed by atoms with Gasteiger partial charge in [-0.1, -0.05) is 25.1 Å². The summed E-state index contributed by atoms with van der Waals surface area (Å²) in [6.45, 7) is 5.70. The van der Waals surface area contributed by atoms with E-state index >= 15 is 0 Å². The molecule has 1 rings (SSSR count). The fourth-order valence-corrected chi connectivity index (χ4v) is 1.24. The van der Waals surface area contributed by atoms with E-state index in [0.717, 1.165) is 6.42 Å². The predicted octanol–water partition coefficient (Wildman–Crippen LogP) is 3.00. The molecule has 0 fully saturated rings. The quantitative estimate of drug-likeness (QED) is 0.567. The molecule has 0 N–H and O–H groups in total. The van der Waals surface area contributed by atoms with Crippen molar-refractivity contribution in [2.24, 2.45) is 0 Å². The number of ether oxygens (including phenoxy) is 2. The number of benzene rings is 1. The van der Waals surface area contributed by atoms with Crippen LogP contribution < -0.4 is 0 Å². The zero-order valence-corrected chi connectivity index (χ0v) is 9.97. The van der Waals surface area contributed by atoms with Gasteiger partial charge in [-0.05, 0) is 32.4 Å². The maximum absolute atomic E-state index is 11.6. The van der Waals surface area contributed by atoms with Crippen molar-refractivity contribution in [3.63, 3.8) is 0 Å². The molecule has 0 heterocycles. The smallest absolute Gasteiger partial charge is 0.340 e. The van der Waals surface area contributed by atoms with E-state index < -0.39 is 6.29 Å². The Kier molecular flexibility index (Phi) is 4.99. The van der Waals surface area contributed by atoms with Crippen molar-refractivity contribution in [1.82, 2.24) is 0 Å². The minimum atomic E-state index is -0.511. The van der Waals surface area contributed by atoms with Gasteiger partial charge in [0.05, 0.1) is 11.7 Å². The molecule has 2 atom stereocenters. The summed E-state index contributed by atoms with van der Waals surface area (Å²) in [5.41, 5.74) is 0.544. The van der Waals surface area contributed by atoms with Gasteiger partial charge in [0.1, 0.15) is 0 Å². The van der Waals surface area contributed by atoms with Gasteiger partial charge in [0.15, 0.2) is 0 Å². The van der Waals surface area contributed by atoms with E-state index in [9.17, 15) is 4.79 Å². The van der Waals surface area contributed by atoms with E-state index in [1.807, 2.05) is 19.9 Å². The Morgan fingerprint density at radius 2 is 1.88 bits per heavy atom. The van der Waals surface area contributed by atoms with Crippen LogP contribution in [0.15, 0.2) is 30.3 Å². The lowest BCUT2D eigenvalue weighted by atomic mass is 10.2. The van der Waals surface area contributed by atoms with Crippen LogP contribution in [0.2, 0.25) is 0 Å². The molecule has 1 aromatic rings. The second-order valence-corrected chi connectivity index (χ2v) is 3.69. The first-order chi connectivity index (χ1) is 7.63. The molecule has 88 valence electrons. The molecule has 0 radical (unpaired) electrons. The average Bonchev–Trinajstić information content (AvgIpc) is 2.29. The third-order valence-corrected chi connectivity index (χ3v) is 2.28. The van der Waals surface area contributed by atoms with Crippen molar-refractivity contribution in [3.05, 3.63) is 35.9 Å². The summed E-state index contributed by atoms with van der Waals surface area (Å²) in [5.74, 6) is -0.351. The zero-order valence-electron chi connectivity index (χ0n) is 9.97. The highest BCUT2D eigenvalue weighted by molar-refractivity contribution is 5.89. The molecule has 0 aliphatic carbocycles. The zero-order chi connectivity index (χ0) is 12.0. The molecule has 0 aliphatic rings. The van der Waals surface area contributed by atoms with Gasteiger partial charge in [-0.2, -0.15) is 0 Å². The Bertz CT molecular complexity index is 321. The first-order valence-corrected chi connectivity index (χ1v) is 5.55. The molecule has 3 nitrogen and oxygen atoms in total. The molecule has 1 aromatic carbocycles. The van der Waals surface area contributed by atoms with Gasteiger partial charge in [-0.3, -0.25) is 0 Å². The van der Waals surface area contributed by atoms with Gasteiger partial charge in [-0.15, -0.1) is 0 Å². The van der Waals surface area contributed by atoms with Crippen LogP contribution in [-0.2, 0) is 9.47 Å². The Morgan fingerprint density at radius 1 is 1.25 bits per heavy atom. The molecule has 0 aliphatic heterocycles. The SMILES string of the molecule is CCC(C)OC(C)OC(=O)c1ccccc1. The van der Waals surface area contributed by atoms with Crippen LogP contribution in [0.3, 0.4) is 0 Å². The maximum atomic E-state index is 11.6. The van der Waals surface area contributed by atoms with Crippen LogP contribution in [0.1, 0.15) is 37.6 Å². The minimum Gasteiger partial charge on any atom is -0.432 e. The van der Waals surface area contributed by atoms with Crippen molar-refractivity contribution in [2.45, 2.75) is 39.6 Å². The summed E-state index contributed by atoms with van der Waals surface area (Å²) in [6.07, 6.45) is 0.481. The maximum Gasteiger partial charge on any atom is 0.340 e. The molecule has 16 heavy (non-hydrogen) atoms. The molecule has 0 bridgehead atoms. The molecule has 0 spiro atoms. The molecular formula is C13H18O3. The van der Waals surface area contributed by atoms with E-state index in [2.05, 4.69) is 0 Å². The van der Waals surface area contributed by atoms with E-state index in [-0.39, 0.29) is 12.1 Å². The normalized spacial score (nSPS) is 14.2. The van der Waals surface area contributed by atoms with Crippen LogP contribution in [0, 0.1) is 0 Å². The summed E-state index contributed by atoms with van der Waals surface area (Å²) in [6, 6.07) is 8.90. The number of hydrogen-bond acceptors (Lipinski definition) is 3. The molecule has 0 saturated carbocycles. The largest absolute Gasteiger partial charge is 0.432 e. The van der Waals surface area contributed by atoms with E-state index in [1.54, 1.807) is 31.2 Å². The summed E-state index contributed by atoms with van der Waals surface area (Å²) >= 11 is 0. The summed E-state index contributed by atoms with van der Waals surface area (Å²) < 4.78 is 10.6. The number of esters is 1. The fourth-order valence-electron chi connectivity index (χ4n) is 1.24. The molecule has 3 heteroatoms. The third kappa shape index (κ3) is 4.03. The molecule has 0 amide bonds. The first-order valence-electron chi connectivity index (χ1n) is 5.55. The number of rotatable bonds is 5. The lowest BCUT2D eigenvalue weighted by molar-refractivity contribution is -0.126. The fraction of sp³-hybridized carbons (Fsp3) is 0.462. The van der Waals surface area contributed by atoms with Crippen LogP contribution >= 0.6 is 0 Å². The summed E-state index contributed by atoms with van der Waals surface area (Å²) in [5, 5.41) is 0. The molecule has 2 unspecified atom stereocenters. The van der Waals surface area contributed by atoms with Crippen molar-refractivity contribution in [2.75, 3.05) is 0 Å². The predicted molar refractivity (Wildman–Crippen MR) is 62.2 cm³/mol. The first kappa shape index (κ1) is 12.7. The monoisotopic (exact) mass is 222 g/mol. The lowest BCUT2D eigenvalue weighted by Gasteiger charge is -2.18. The number of carbonyl (C=O) groups excluding carboxylic acids is 1. The van der Waals surface area contributed by atoms with Crippen LogP contribution in [-0.4, -0.2) is 18.4 Å². The van der Waals surface area contributed by atoms with Gasteiger partial charge in [0.2, 0.25) is 6.29 Å². The van der Waals surface area contributed by atoms with Gasteiger partial charge in [-0.25, -0.2) is 4.79 Å². The van der Waals surface area contributed by atoms with Crippen molar-refractivity contribution < 1.29 is 14.3 Å². The van der Waals surface area contributed by atoms with Crippen LogP contribution in [0.4, 0.5) is 0 Å². The topological polar surface area (TPSA) is 35.5 Å². The second kappa shape index (κ2) is 6.28. The molecule has 0 aromatic heterocycles. The Hall–Kier alpha value is -1.35. The van der Waals surface area contributed by atoms with Crippen LogP contribution in [0.5, 0.6) is 0 Å². The standard InChI is InChI=1S/C13H18O3/c1-4-10(2)15-11(3)16-13(14)12-8-6-5-7-9-12/h5-11H,4H2,1-3H3. The van der Waals surface area contributed by atoms with Crippen molar-refractivity contribution >= 4 is 5.97 Å². The van der Waals surface area contributed by atoms with Crippen molar-refractivity contribution in [3.8, 4) is 0 Å². The molecule has 0 saturated heterocycles. The summed E-state index contributed by atoms with van der Waals surface area (Å²) in [7, 11) is 0. The lowest BCUT2D eigenvalue weighted by Crippen LogP contribution is -2.22. The van der Waals surface area contributed by atoms with E-state index in [4.69, 9.17) is 9.47 Å². The third-order valence-electron chi connectivity index (χ3n) is 2.28.